The molecule has 4 aliphatic carbocycles. The predicted molar refractivity (Wildman–Crippen MR) is 76.0 cm³/mol. The van der Waals surface area contributed by atoms with Crippen LogP contribution in [-0.4, -0.2) is 0 Å². The third kappa shape index (κ3) is 1.45. The monoisotopic (exact) mass is 232 g/mol. The van der Waals surface area contributed by atoms with Crippen molar-refractivity contribution in [1.82, 2.24) is 0 Å². The Hall–Kier alpha value is -1.82. The lowest BCUT2D eigenvalue weighted by Crippen LogP contribution is -2.04. The standard InChI is InChI=1S/C18H16/c1-2-6-14-12-16-8-4-3-7-15-11-13(5-1)17(14)9-10-18(15)16/h1-8,11-12,17-18H,9-10H2. The van der Waals surface area contributed by atoms with Gasteiger partial charge in [0.25, 0.3) is 0 Å². The Labute approximate surface area is 108 Å². The van der Waals surface area contributed by atoms with Gasteiger partial charge in [-0.2, -0.15) is 0 Å². The van der Waals surface area contributed by atoms with Gasteiger partial charge in [-0.05, 0) is 35.1 Å². The first-order valence-corrected chi connectivity index (χ1v) is 6.78. The molecule has 0 unspecified atom stereocenters. The van der Waals surface area contributed by atoms with E-state index in [0.717, 1.165) is 0 Å². The molecule has 0 atom stereocenters. The van der Waals surface area contributed by atoms with Crippen molar-refractivity contribution in [2.24, 2.45) is 11.8 Å². The largest absolute Gasteiger partial charge is 0.0620 e. The number of allylic oxidation sites excluding steroid dienone is 14. The van der Waals surface area contributed by atoms with Crippen molar-refractivity contribution in [3.05, 3.63) is 83.1 Å². The fourth-order valence-corrected chi connectivity index (χ4v) is 3.50. The van der Waals surface area contributed by atoms with Crippen LogP contribution >= 0.6 is 0 Å². The SMILES string of the molecule is C1=CC=C2C=C3C=CC=CC4=CC(=C1)C2CCC43. The molecule has 0 aromatic heterocycles. The van der Waals surface area contributed by atoms with Gasteiger partial charge < -0.3 is 0 Å². The maximum atomic E-state index is 2.42. The van der Waals surface area contributed by atoms with Crippen LogP contribution in [0.5, 0.6) is 0 Å². The highest BCUT2D eigenvalue weighted by Crippen LogP contribution is 2.44. The van der Waals surface area contributed by atoms with Crippen LogP contribution in [0.15, 0.2) is 83.1 Å². The molecular weight excluding hydrogens is 216 g/mol. The lowest BCUT2D eigenvalue weighted by molar-refractivity contribution is 0.587. The molecule has 4 rings (SSSR count). The van der Waals surface area contributed by atoms with Crippen molar-refractivity contribution in [3.8, 4) is 0 Å². The number of rotatable bonds is 0. The van der Waals surface area contributed by atoms with Gasteiger partial charge in [0.05, 0.1) is 0 Å². The van der Waals surface area contributed by atoms with Crippen molar-refractivity contribution < 1.29 is 0 Å². The Morgan fingerprint density at radius 1 is 0.611 bits per heavy atom. The van der Waals surface area contributed by atoms with E-state index < -0.39 is 0 Å². The van der Waals surface area contributed by atoms with Gasteiger partial charge in [0.2, 0.25) is 0 Å². The van der Waals surface area contributed by atoms with Crippen LogP contribution in [0.1, 0.15) is 12.8 Å². The van der Waals surface area contributed by atoms with Crippen molar-refractivity contribution in [3.63, 3.8) is 0 Å². The first-order chi connectivity index (χ1) is 8.92. The van der Waals surface area contributed by atoms with E-state index in [-0.39, 0.29) is 0 Å². The summed E-state index contributed by atoms with van der Waals surface area (Å²) in [7, 11) is 0. The minimum absolute atomic E-state index is 0.595. The molecule has 0 fully saturated rings. The molecule has 2 bridgehead atoms. The maximum absolute atomic E-state index is 2.42. The number of hydrogen-bond donors (Lipinski definition) is 0. The number of fused-ring (bicyclic) bond motifs is 1. The van der Waals surface area contributed by atoms with Gasteiger partial charge in [-0.3, -0.25) is 0 Å². The Balaban J connectivity index is 2.03. The molecule has 88 valence electrons. The molecule has 0 saturated carbocycles. The fraction of sp³-hybridized carbons (Fsp3) is 0.222. The van der Waals surface area contributed by atoms with Crippen LogP contribution in [0.2, 0.25) is 0 Å². The van der Waals surface area contributed by atoms with Crippen LogP contribution < -0.4 is 0 Å². The molecule has 0 radical (unpaired) electrons. The average Bonchev–Trinajstić information content (AvgIpc) is 2.80. The van der Waals surface area contributed by atoms with E-state index in [1.807, 2.05) is 0 Å². The highest BCUT2D eigenvalue weighted by Gasteiger charge is 2.30. The minimum atomic E-state index is 0.595. The van der Waals surface area contributed by atoms with Gasteiger partial charge >= 0.3 is 0 Å². The van der Waals surface area contributed by atoms with Crippen LogP contribution in [-0.2, 0) is 0 Å². The van der Waals surface area contributed by atoms with E-state index >= 15 is 0 Å². The van der Waals surface area contributed by atoms with Crippen LogP contribution in [0, 0.1) is 11.8 Å². The molecule has 0 heteroatoms. The summed E-state index contributed by atoms with van der Waals surface area (Å²) >= 11 is 0. The van der Waals surface area contributed by atoms with E-state index in [9.17, 15) is 0 Å². The number of hydrogen-bond acceptors (Lipinski definition) is 0. The summed E-state index contributed by atoms with van der Waals surface area (Å²) in [5.74, 6) is 1.19. The van der Waals surface area contributed by atoms with Gasteiger partial charge in [-0.1, -0.05) is 60.8 Å². The molecule has 0 spiro atoms. The second-order valence-corrected chi connectivity index (χ2v) is 5.41. The van der Waals surface area contributed by atoms with E-state index in [1.165, 1.54) is 35.1 Å². The summed E-state index contributed by atoms with van der Waals surface area (Å²) < 4.78 is 0. The van der Waals surface area contributed by atoms with Gasteiger partial charge in [0.15, 0.2) is 0 Å². The Kier molecular flexibility index (Phi) is 2.16. The molecule has 0 N–H and O–H groups in total. The smallest absolute Gasteiger partial charge is 0.00898 e. The maximum Gasteiger partial charge on any atom is 0.00898 e. The summed E-state index contributed by atoms with van der Waals surface area (Å²) in [5, 5.41) is 0. The zero-order valence-corrected chi connectivity index (χ0v) is 10.3. The van der Waals surface area contributed by atoms with Crippen molar-refractivity contribution in [1.29, 1.82) is 0 Å². The molecule has 0 aliphatic heterocycles. The topological polar surface area (TPSA) is 0 Å². The fourth-order valence-electron chi connectivity index (χ4n) is 3.50. The van der Waals surface area contributed by atoms with Crippen molar-refractivity contribution >= 4 is 0 Å². The van der Waals surface area contributed by atoms with E-state index in [1.54, 1.807) is 0 Å². The molecular formula is C18H16. The zero-order valence-electron chi connectivity index (χ0n) is 10.3. The van der Waals surface area contributed by atoms with Crippen LogP contribution in [0.25, 0.3) is 0 Å². The molecule has 0 heterocycles. The van der Waals surface area contributed by atoms with E-state index in [2.05, 4.69) is 60.8 Å². The third-order valence-electron chi connectivity index (χ3n) is 4.40. The second-order valence-electron chi connectivity index (χ2n) is 5.41. The molecule has 0 amide bonds. The molecule has 4 aliphatic rings. The lowest BCUT2D eigenvalue weighted by atomic mass is 9.86. The minimum Gasteiger partial charge on any atom is -0.0620 e. The summed E-state index contributed by atoms with van der Waals surface area (Å²) in [6, 6.07) is 0. The summed E-state index contributed by atoms with van der Waals surface area (Å²) in [4.78, 5) is 0. The first kappa shape index (κ1) is 10.1. The van der Waals surface area contributed by atoms with Gasteiger partial charge in [0.1, 0.15) is 0 Å². The zero-order chi connectivity index (χ0) is 11.9. The van der Waals surface area contributed by atoms with Crippen LogP contribution in [0.3, 0.4) is 0 Å². The average molecular weight is 232 g/mol. The van der Waals surface area contributed by atoms with Crippen molar-refractivity contribution in [2.45, 2.75) is 12.8 Å². The highest BCUT2D eigenvalue weighted by molar-refractivity contribution is 5.54. The normalized spacial score (nSPS) is 31.6. The second kappa shape index (κ2) is 3.84. The van der Waals surface area contributed by atoms with Crippen LogP contribution in [0.4, 0.5) is 0 Å². The summed E-state index contributed by atoms with van der Waals surface area (Å²) in [6.45, 7) is 0. The predicted octanol–water partition coefficient (Wildman–Crippen LogP) is 4.43. The van der Waals surface area contributed by atoms with E-state index in [4.69, 9.17) is 0 Å². The Bertz CT molecular complexity index is 550. The Morgan fingerprint density at radius 2 is 1.11 bits per heavy atom. The molecule has 18 heavy (non-hydrogen) atoms. The summed E-state index contributed by atoms with van der Waals surface area (Å²) in [6.07, 6.45) is 25.2. The highest BCUT2D eigenvalue weighted by atomic mass is 14.3. The van der Waals surface area contributed by atoms with E-state index in [0.29, 0.717) is 11.8 Å². The molecule has 0 nitrogen and oxygen atoms in total. The van der Waals surface area contributed by atoms with Gasteiger partial charge in [-0.15, -0.1) is 0 Å². The molecule has 0 aromatic carbocycles. The lowest BCUT2D eigenvalue weighted by Gasteiger charge is -2.18. The summed E-state index contributed by atoms with van der Waals surface area (Å²) in [5.41, 5.74) is 5.92. The Morgan fingerprint density at radius 3 is 1.67 bits per heavy atom. The van der Waals surface area contributed by atoms with Gasteiger partial charge in [0, 0.05) is 11.8 Å². The van der Waals surface area contributed by atoms with Crippen molar-refractivity contribution in [2.75, 3.05) is 0 Å². The quantitative estimate of drug-likeness (QED) is 0.579. The van der Waals surface area contributed by atoms with Gasteiger partial charge in [-0.25, -0.2) is 0 Å². The first-order valence-electron chi connectivity index (χ1n) is 6.78. The third-order valence-corrected chi connectivity index (χ3v) is 4.40. The molecule has 0 saturated heterocycles. The molecule has 0 aromatic rings.